The number of rotatable bonds is 16. The van der Waals surface area contributed by atoms with E-state index in [1.165, 1.54) is 12.5 Å². The van der Waals surface area contributed by atoms with Crippen LogP contribution < -0.4 is 21.7 Å². The zero-order valence-corrected chi connectivity index (χ0v) is 28.5. The summed E-state index contributed by atoms with van der Waals surface area (Å²) in [6.07, 6.45) is 5.46. The van der Waals surface area contributed by atoms with Crippen LogP contribution in [0, 0.1) is 0 Å². The molecule has 5 rings (SSSR count). The standard InChI is InChI=1S/C38H39N6O6P/c39-36(46)33(22-31-23-40-25-41-31)43-38(48)32(17-9-14-26-10-3-1-4-11-26)42-34(45)24-51(49,50)35(20-27-12-5-2-6-13-27)44-37(47)30-19-18-28-15-7-8-16-29(28)21-30/h1-16,18-19,21,23,25,32-33,35H,17,20,22,24H2,(H2,39,46)(H,40,41)(H,42,45)(H,43,48)(H,44,47)(H,49,50)/b14-9+. The summed E-state index contributed by atoms with van der Waals surface area (Å²) >= 11 is 0. The van der Waals surface area contributed by atoms with Crippen LogP contribution in [0.5, 0.6) is 0 Å². The van der Waals surface area contributed by atoms with E-state index in [4.69, 9.17) is 5.73 Å². The second-order valence-electron chi connectivity index (χ2n) is 12.1. The number of amides is 4. The predicted octanol–water partition coefficient (Wildman–Crippen LogP) is 3.93. The average molecular weight is 707 g/mol. The van der Waals surface area contributed by atoms with Crippen molar-refractivity contribution in [1.82, 2.24) is 25.9 Å². The molecule has 0 aliphatic rings. The highest BCUT2D eigenvalue weighted by Crippen LogP contribution is 2.46. The number of aromatic amines is 1. The van der Waals surface area contributed by atoms with Gasteiger partial charge < -0.3 is 31.6 Å². The first-order valence-corrected chi connectivity index (χ1v) is 18.2. The maximum atomic E-state index is 14.0. The lowest BCUT2D eigenvalue weighted by atomic mass is 10.1. The number of H-pyrrole nitrogens is 1. The lowest BCUT2D eigenvalue weighted by molar-refractivity contribution is -0.130. The largest absolute Gasteiger partial charge is 0.368 e. The van der Waals surface area contributed by atoms with Crippen molar-refractivity contribution >= 4 is 47.8 Å². The molecule has 1 aromatic heterocycles. The van der Waals surface area contributed by atoms with Gasteiger partial charge in [0, 0.05) is 30.3 Å². The smallest absolute Gasteiger partial charge is 0.251 e. The average Bonchev–Trinajstić information content (AvgIpc) is 3.64. The van der Waals surface area contributed by atoms with Crippen molar-refractivity contribution in [3.8, 4) is 0 Å². The fourth-order valence-electron chi connectivity index (χ4n) is 5.50. The molecule has 0 bridgehead atoms. The van der Waals surface area contributed by atoms with Gasteiger partial charge >= 0.3 is 0 Å². The Morgan fingerprint density at radius 2 is 1.51 bits per heavy atom. The molecule has 4 atom stereocenters. The number of hydrogen-bond donors (Lipinski definition) is 6. The Hall–Kier alpha value is -5.84. The van der Waals surface area contributed by atoms with Gasteiger partial charge in [-0.25, -0.2) is 4.98 Å². The highest BCUT2D eigenvalue weighted by atomic mass is 31.2. The number of fused-ring (bicyclic) bond motifs is 1. The molecule has 0 saturated heterocycles. The van der Waals surface area contributed by atoms with E-state index in [1.54, 1.807) is 60.7 Å². The summed E-state index contributed by atoms with van der Waals surface area (Å²) in [7, 11) is -4.47. The lowest BCUT2D eigenvalue weighted by Crippen LogP contribution is -2.54. The number of primary amides is 1. The van der Waals surface area contributed by atoms with E-state index in [9.17, 15) is 28.6 Å². The molecule has 0 fully saturated rings. The molecule has 4 unspecified atom stereocenters. The summed E-state index contributed by atoms with van der Waals surface area (Å²) in [5, 5.41) is 9.61. The van der Waals surface area contributed by atoms with Crippen LogP contribution in [0.25, 0.3) is 16.8 Å². The first kappa shape index (κ1) is 36.4. The van der Waals surface area contributed by atoms with E-state index in [0.717, 1.165) is 16.3 Å². The van der Waals surface area contributed by atoms with Crippen LogP contribution >= 0.6 is 7.37 Å². The number of nitrogens with zero attached hydrogens (tertiary/aromatic N) is 1. The third-order valence-electron chi connectivity index (χ3n) is 8.21. The second kappa shape index (κ2) is 17.2. The number of hydrogen-bond acceptors (Lipinski definition) is 6. The molecule has 51 heavy (non-hydrogen) atoms. The van der Waals surface area contributed by atoms with Crippen molar-refractivity contribution < 1.29 is 28.6 Å². The van der Waals surface area contributed by atoms with E-state index in [-0.39, 0.29) is 24.8 Å². The maximum Gasteiger partial charge on any atom is 0.251 e. The van der Waals surface area contributed by atoms with Gasteiger partial charge in [0.25, 0.3) is 5.91 Å². The molecule has 5 aromatic rings. The fraction of sp³-hybridized carbons (Fsp3) is 0.184. The number of nitrogens with two attached hydrogens (primary N) is 1. The van der Waals surface area contributed by atoms with Crippen molar-refractivity contribution in [3.63, 3.8) is 0 Å². The van der Waals surface area contributed by atoms with E-state index < -0.39 is 55.0 Å². The van der Waals surface area contributed by atoms with Crippen LogP contribution in [-0.4, -0.2) is 62.5 Å². The van der Waals surface area contributed by atoms with Gasteiger partial charge in [0.05, 0.1) is 6.33 Å². The Kier molecular flexibility index (Phi) is 12.3. The van der Waals surface area contributed by atoms with Crippen LogP contribution in [0.2, 0.25) is 0 Å². The van der Waals surface area contributed by atoms with Gasteiger partial charge in [-0.1, -0.05) is 103 Å². The normalized spacial score (nSPS) is 14.2. The van der Waals surface area contributed by atoms with E-state index in [0.29, 0.717) is 11.3 Å². The first-order valence-electron chi connectivity index (χ1n) is 16.3. The topological polar surface area (TPSA) is 196 Å². The Labute approximate surface area is 295 Å². The molecule has 4 amide bonds. The minimum atomic E-state index is -4.47. The van der Waals surface area contributed by atoms with Gasteiger partial charge in [0.2, 0.25) is 25.1 Å². The van der Waals surface area contributed by atoms with Gasteiger partial charge in [-0.05, 0) is 40.5 Å². The fourth-order valence-corrected chi connectivity index (χ4v) is 7.04. The van der Waals surface area contributed by atoms with Gasteiger partial charge in [0.15, 0.2) is 0 Å². The third-order valence-corrected chi connectivity index (χ3v) is 10.2. The molecule has 12 nitrogen and oxygen atoms in total. The molecule has 0 saturated carbocycles. The summed E-state index contributed by atoms with van der Waals surface area (Å²) in [4.78, 5) is 70.9. The number of aromatic nitrogens is 2. The SMILES string of the molecule is NC(=O)C(Cc1cnc[nH]1)NC(=O)C(C/C=C/c1ccccc1)NC(=O)CP(=O)(O)C(Cc1ccccc1)NC(=O)c1ccc2ccccc2c1. The van der Waals surface area contributed by atoms with Crippen molar-refractivity contribution in [2.75, 3.05) is 6.16 Å². The maximum absolute atomic E-state index is 14.0. The predicted molar refractivity (Wildman–Crippen MR) is 195 cm³/mol. The molecule has 13 heteroatoms. The van der Waals surface area contributed by atoms with Crippen LogP contribution in [0.1, 0.15) is 33.6 Å². The Morgan fingerprint density at radius 3 is 2.20 bits per heavy atom. The number of carbonyl (C=O) groups is 4. The minimum Gasteiger partial charge on any atom is -0.368 e. The number of benzene rings is 4. The van der Waals surface area contributed by atoms with Crippen LogP contribution in [0.3, 0.4) is 0 Å². The Bertz CT molecular complexity index is 2040. The molecular formula is C38H39N6O6P. The zero-order valence-electron chi connectivity index (χ0n) is 27.6. The van der Waals surface area contributed by atoms with Crippen LogP contribution in [-0.2, 0) is 31.8 Å². The van der Waals surface area contributed by atoms with Crippen molar-refractivity contribution in [2.45, 2.75) is 37.1 Å². The summed E-state index contributed by atoms with van der Waals surface area (Å²) < 4.78 is 14.0. The molecule has 7 N–H and O–H groups in total. The number of nitrogens with one attached hydrogen (secondary N) is 4. The van der Waals surface area contributed by atoms with Crippen LogP contribution in [0.15, 0.2) is 122 Å². The number of imidazole rings is 1. The van der Waals surface area contributed by atoms with Crippen molar-refractivity contribution in [1.29, 1.82) is 0 Å². The van der Waals surface area contributed by atoms with Gasteiger partial charge in [-0.3, -0.25) is 23.7 Å². The molecule has 0 aliphatic carbocycles. The summed E-state index contributed by atoms with van der Waals surface area (Å²) in [5.41, 5.74) is 7.94. The molecule has 1 heterocycles. The molecule has 4 aromatic carbocycles. The highest BCUT2D eigenvalue weighted by Gasteiger charge is 2.36. The molecule has 262 valence electrons. The quantitative estimate of drug-likeness (QED) is 0.0836. The van der Waals surface area contributed by atoms with Gasteiger partial charge in [-0.2, -0.15) is 0 Å². The Morgan fingerprint density at radius 1 is 0.824 bits per heavy atom. The van der Waals surface area contributed by atoms with Crippen LogP contribution in [0.4, 0.5) is 0 Å². The zero-order chi connectivity index (χ0) is 36.2. The van der Waals surface area contributed by atoms with Gasteiger partial charge in [0.1, 0.15) is 24.0 Å². The second-order valence-corrected chi connectivity index (χ2v) is 14.5. The number of carbonyl (C=O) groups excluding carboxylic acids is 4. The first-order chi connectivity index (χ1) is 24.6. The Balaban J connectivity index is 1.34. The lowest BCUT2D eigenvalue weighted by Gasteiger charge is -2.26. The summed E-state index contributed by atoms with van der Waals surface area (Å²) in [6.45, 7) is 0. The van der Waals surface area contributed by atoms with E-state index in [2.05, 4.69) is 25.9 Å². The third kappa shape index (κ3) is 10.6. The molecule has 0 aliphatic heterocycles. The van der Waals surface area contributed by atoms with E-state index >= 15 is 0 Å². The molecule has 0 spiro atoms. The summed E-state index contributed by atoms with van der Waals surface area (Å²) in [6, 6.07) is 28.4. The summed E-state index contributed by atoms with van der Waals surface area (Å²) in [5.74, 6) is -4.31. The van der Waals surface area contributed by atoms with Gasteiger partial charge in [-0.15, -0.1) is 0 Å². The minimum absolute atomic E-state index is 0.0100. The van der Waals surface area contributed by atoms with E-state index in [1.807, 2.05) is 54.6 Å². The molecule has 0 radical (unpaired) electrons. The monoisotopic (exact) mass is 706 g/mol. The van der Waals surface area contributed by atoms with Crippen molar-refractivity contribution in [3.05, 3.63) is 144 Å². The molecular weight excluding hydrogens is 667 g/mol. The highest BCUT2D eigenvalue weighted by molar-refractivity contribution is 7.59. The van der Waals surface area contributed by atoms with Crippen molar-refractivity contribution in [2.24, 2.45) is 5.73 Å².